The second-order valence-corrected chi connectivity index (χ2v) is 15.0. The number of rotatable bonds is 3. The summed E-state index contributed by atoms with van der Waals surface area (Å²) >= 11 is 0. The van der Waals surface area contributed by atoms with Crippen molar-refractivity contribution < 1.29 is 0 Å². The molecule has 0 aliphatic heterocycles. The van der Waals surface area contributed by atoms with Crippen molar-refractivity contribution in [2.45, 2.75) is 19.3 Å². The van der Waals surface area contributed by atoms with E-state index >= 15 is 0 Å². The molecule has 0 N–H and O–H groups in total. The van der Waals surface area contributed by atoms with E-state index in [4.69, 9.17) is 0 Å². The molecule has 0 radical (unpaired) electrons. The van der Waals surface area contributed by atoms with Gasteiger partial charge in [0.25, 0.3) is 0 Å². The van der Waals surface area contributed by atoms with Gasteiger partial charge in [-0.15, -0.1) is 0 Å². The molecule has 0 bridgehead atoms. The van der Waals surface area contributed by atoms with Crippen LogP contribution in [0.25, 0.3) is 88.0 Å². The second-order valence-electron chi connectivity index (χ2n) is 15.0. The number of benzene rings is 7. The van der Waals surface area contributed by atoms with E-state index in [-0.39, 0.29) is 5.41 Å². The van der Waals surface area contributed by atoms with Crippen molar-refractivity contribution in [3.63, 3.8) is 0 Å². The van der Waals surface area contributed by atoms with Crippen LogP contribution in [0, 0.1) is 34.8 Å². The van der Waals surface area contributed by atoms with E-state index in [0.29, 0.717) is 22.5 Å². The Morgan fingerprint density at radius 3 is 2.00 bits per heavy atom. The number of para-hydroxylation sites is 1. The lowest BCUT2D eigenvalue weighted by Gasteiger charge is -2.22. The Morgan fingerprint density at radius 2 is 1.20 bits per heavy atom. The zero-order valence-corrected chi connectivity index (χ0v) is 30.1. The Hall–Kier alpha value is -7.58. The minimum absolute atomic E-state index is 0.199. The van der Waals surface area contributed by atoms with Gasteiger partial charge in [-0.25, -0.2) is 0 Å². The lowest BCUT2D eigenvalue weighted by Crippen LogP contribution is -2.15. The highest BCUT2D eigenvalue weighted by Gasteiger charge is 2.36. The summed E-state index contributed by atoms with van der Waals surface area (Å²) in [6.45, 7) is 4.57. The third kappa shape index (κ3) is 4.21. The molecule has 0 atom stereocenters. The van der Waals surface area contributed by atoms with Crippen LogP contribution in [-0.4, -0.2) is 9.13 Å². The lowest BCUT2D eigenvalue weighted by molar-refractivity contribution is 0.661. The molecule has 4 heteroatoms. The van der Waals surface area contributed by atoms with Crippen molar-refractivity contribution in [1.82, 2.24) is 9.13 Å². The van der Waals surface area contributed by atoms with Gasteiger partial charge < -0.3 is 9.13 Å². The maximum Gasteiger partial charge on any atom is 0.105 e. The van der Waals surface area contributed by atoms with Gasteiger partial charge in [0.2, 0.25) is 0 Å². The fourth-order valence-corrected chi connectivity index (χ4v) is 9.23. The van der Waals surface area contributed by atoms with Crippen molar-refractivity contribution in [3.8, 4) is 45.8 Å². The molecule has 1 aliphatic carbocycles. The average molecular weight is 699 g/mol. The molecule has 2 aromatic heterocycles. The van der Waals surface area contributed by atoms with Gasteiger partial charge >= 0.3 is 0 Å². The quantitative estimate of drug-likeness (QED) is 0.184. The summed E-state index contributed by atoms with van der Waals surface area (Å²) in [5, 5.41) is 28.5. The molecule has 0 amide bonds. The molecule has 11 rings (SSSR count). The fraction of sp³-hybridized carbons (Fsp3) is 0.0588. The highest BCUT2D eigenvalue weighted by molar-refractivity contribution is 6.21. The van der Waals surface area contributed by atoms with Crippen LogP contribution < -0.4 is 0 Å². The van der Waals surface area contributed by atoms with Gasteiger partial charge in [-0.1, -0.05) is 123 Å². The van der Waals surface area contributed by atoms with E-state index in [1.165, 1.54) is 22.3 Å². The molecule has 4 nitrogen and oxygen atoms in total. The van der Waals surface area contributed by atoms with Crippen LogP contribution in [0.3, 0.4) is 0 Å². The van der Waals surface area contributed by atoms with E-state index in [2.05, 4.69) is 156 Å². The molecule has 0 fully saturated rings. The Labute approximate surface area is 318 Å². The van der Waals surface area contributed by atoms with Crippen LogP contribution in [0.15, 0.2) is 146 Å². The molecule has 0 saturated heterocycles. The van der Waals surface area contributed by atoms with Crippen molar-refractivity contribution in [3.05, 3.63) is 180 Å². The van der Waals surface area contributed by atoms with Crippen molar-refractivity contribution in [1.29, 1.82) is 10.5 Å². The standard InChI is InChI=1S/C51H30N4/c1-51(2)42-18-10-8-16-37(42)39-27-40-38-17-9-11-19-44(38)55(49(40)28-43(39)51)48-26-34(29-52)47(25-35(48)30-53)54-45-22-21-33(31-12-4-3-5-13-31)24-41(45)50-36-15-7-6-14-32(36)20-23-46(50)54/h3-20,23-28H,1-2H3. The Balaban J connectivity index is 1.20. The van der Waals surface area contributed by atoms with Crippen LogP contribution in [0.2, 0.25) is 0 Å². The van der Waals surface area contributed by atoms with Gasteiger partial charge in [-0.05, 0) is 87.1 Å². The molecule has 55 heavy (non-hydrogen) atoms. The van der Waals surface area contributed by atoms with Crippen molar-refractivity contribution in [2.75, 3.05) is 0 Å². The van der Waals surface area contributed by atoms with Crippen LogP contribution in [-0.2, 0) is 5.41 Å². The Morgan fingerprint density at radius 1 is 0.509 bits per heavy atom. The van der Waals surface area contributed by atoms with Gasteiger partial charge in [0, 0.05) is 32.5 Å². The predicted octanol–water partition coefficient (Wildman–Crippen LogP) is 12.4. The van der Waals surface area contributed by atoms with Crippen LogP contribution in [0.5, 0.6) is 0 Å². The zero-order chi connectivity index (χ0) is 37.0. The first-order chi connectivity index (χ1) is 27.0. The van der Waals surface area contributed by atoms with Gasteiger partial charge in [0.1, 0.15) is 17.7 Å². The molecule has 10 aromatic rings. The number of nitrogens with zero attached hydrogens (tertiary/aromatic N) is 4. The maximum atomic E-state index is 11.0. The summed E-state index contributed by atoms with van der Waals surface area (Å²) in [5.74, 6) is 0. The molecule has 0 saturated carbocycles. The average Bonchev–Trinajstić information content (AvgIpc) is 3.82. The molecule has 1 aliphatic rings. The van der Waals surface area contributed by atoms with Gasteiger partial charge in [0.15, 0.2) is 0 Å². The normalized spacial score (nSPS) is 12.9. The fourth-order valence-electron chi connectivity index (χ4n) is 9.23. The smallest absolute Gasteiger partial charge is 0.105 e. The van der Waals surface area contributed by atoms with Crippen LogP contribution in [0.4, 0.5) is 0 Å². The monoisotopic (exact) mass is 698 g/mol. The van der Waals surface area contributed by atoms with E-state index < -0.39 is 0 Å². The van der Waals surface area contributed by atoms with E-state index in [1.54, 1.807) is 0 Å². The number of hydrogen-bond donors (Lipinski definition) is 0. The molecule has 254 valence electrons. The molecule has 2 heterocycles. The van der Waals surface area contributed by atoms with Crippen molar-refractivity contribution in [2.24, 2.45) is 0 Å². The van der Waals surface area contributed by atoms with Gasteiger partial charge in [-0.2, -0.15) is 10.5 Å². The summed E-state index contributed by atoms with van der Waals surface area (Å²) in [4.78, 5) is 0. The summed E-state index contributed by atoms with van der Waals surface area (Å²) in [7, 11) is 0. The first-order valence-corrected chi connectivity index (χ1v) is 18.5. The summed E-state index contributed by atoms with van der Waals surface area (Å²) in [5.41, 5.74) is 12.8. The maximum absolute atomic E-state index is 11.0. The lowest BCUT2D eigenvalue weighted by atomic mass is 9.82. The first-order valence-electron chi connectivity index (χ1n) is 18.5. The molecular weight excluding hydrogens is 669 g/mol. The Kier molecular flexibility index (Phi) is 6.32. The topological polar surface area (TPSA) is 57.4 Å². The molecule has 0 unspecified atom stereocenters. The largest absolute Gasteiger partial charge is 0.308 e. The van der Waals surface area contributed by atoms with Crippen molar-refractivity contribution >= 4 is 54.4 Å². The van der Waals surface area contributed by atoms with E-state index in [1.807, 2.05) is 36.4 Å². The molecule has 0 spiro atoms. The van der Waals surface area contributed by atoms with Gasteiger partial charge in [-0.3, -0.25) is 0 Å². The number of hydrogen-bond acceptors (Lipinski definition) is 2. The second kappa shape index (κ2) is 11.2. The number of nitriles is 2. The summed E-state index contributed by atoms with van der Waals surface area (Å²) < 4.78 is 4.27. The highest BCUT2D eigenvalue weighted by Crippen LogP contribution is 2.51. The molecular formula is C51H30N4. The summed E-state index contributed by atoms with van der Waals surface area (Å²) in [6.07, 6.45) is 0. The van der Waals surface area contributed by atoms with E-state index in [9.17, 15) is 10.5 Å². The van der Waals surface area contributed by atoms with Crippen LogP contribution >= 0.6 is 0 Å². The Bertz CT molecular complexity index is 3360. The number of fused-ring (bicyclic) bond motifs is 11. The predicted molar refractivity (Wildman–Crippen MR) is 223 cm³/mol. The highest BCUT2D eigenvalue weighted by atomic mass is 15.0. The minimum Gasteiger partial charge on any atom is -0.308 e. The third-order valence-corrected chi connectivity index (χ3v) is 11.8. The minimum atomic E-state index is -0.199. The summed E-state index contributed by atoms with van der Waals surface area (Å²) in [6, 6.07) is 62.5. The molecule has 8 aromatic carbocycles. The van der Waals surface area contributed by atoms with E-state index in [0.717, 1.165) is 65.5 Å². The van der Waals surface area contributed by atoms with Gasteiger partial charge in [0.05, 0.1) is 39.1 Å². The number of aromatic nitrogens is 2. The SMILES string of the molecule is CC1(C)c2ccccc2-c2cc3c4ccccc4n(-c4cc(C#N)c(-n5c6c#cc(-c7ccccc7)cc6c6c7ccccc7ccc65)cc4C#N)c3cc21. The zero-order valence-electron chi connectivity index (χ0n) is 30.1. The van der Waals surface area contributed by atoms with Crippen LogP contribution in [0.1, 0.15) is 36.1 Å². The third-order valence-electron chi connectivity index (χ3n) is 11.8. The first kappa shape index (κ1) is 31.0.